The Morgan fingerprint density at radius 1 is 1.40 bits per heavy atom. The predicted molar refractivity (Wildman–Crippen MR) is 86.8 cm³/mol. The minimum absolute atomic E-state index is 0.0934. The maximum atomic E-state index is 12.0. The number of hydrogen-bond donors (Lipinski definition) is 2. The van der Waals surface area contributed by atoms with E-state index in [0.717, 1.165) is 15.7 Å². The maximum absolute atomic E-state index is 12.0. The average molecular weight is 341 g/mol. The standard InChI is InChI=1S/C15H21BrN2O2/c1-10(15(3,4)20)6-7-11(2)17-13-8-12(16)9-18(5)14(13)19/h6-9,17,20H,1-5H3/b10-6+,11-7+. The lowest BCUT2D eigenvalue weighted by atomic mass is 9.99. The van der Waals surface area contributed by atoms with Crippen molar-refractivity contribution in [3.63, 3.8) is 0 Å². The zero-order valence-electron chi connectivity index (χ0n) is 12.5. The van der Waals surface area contributed by atoms with Crippen molar-refractivity contribution in [3.8, 4) is 0 Å². The molecule has 1 aromatic rings. The molecule has 0 bridgehead atoms. The van der Waals surface area contributed by atoms with Crippen LogP contribution >= 0.6 is 15.9 Å². The Bertz CT molecular complexity index is 607. The van der Waals surface area contributed by atoms with Gasteiger partial charge in [-0.25, -0.2) is 0 Å². The first-order chi connectivity index (χ1) is 9.11. The lowest BCUT2D eigenvalue weighted by Gasteiger charge is -2.17. The van der Waals surface area contributed by atoms with Gasteiger partial charge in [0.05, 0.1) is 5.60 Å². The van der Waals surface area contributed by atoms with Gasteiger partial charge in [0.2, 0.25) is 0 Å². The SMILES string of the molecule is C/C(=C\C=C(/C)C(C)(C)O)Nc1cc(Br)cn(C)c1=O. The normalized spacial score (nSPS) is 13.6. The monoisotopic (exact) mass is 340 g/mol. The van der Waals surface area contributed by atoms with Gasteiger partial charge >= 0.3 is 0 Å². The van der Waals surface area contributed by atoms with Crippen molar-refractivity contribution in [1.29, 1.82) is 0 Å². The molecule has 0 amide bonds. The van der Waals surface area contributed by atoms with Gasteiger partial charge in [-0.1, -0.05) is 6.08 Å². The van der Waals surface area contributed by atoms with Crippen molar-refractivity contribution in [3.05, 3.63) is 50.5 Å². The largest absolute Gasteiger partial charge is 0.386 e. The van der Waals surface area contributed by atoms with E-state index >= 15 is 0 Å². The Morgan fingerprint density at radius 3 is 2.55 bits per heavy atom. The first-order valence-electron chi connectivity index (χ1n) is 6.32. The fourth-order valence-corrected chi connectivity index (χ4v) is 2.00. The highest BCUT2D eigenvalue weighted by atomic mass is 79.9. The lowest BCUT2D eigenvalue weighted by molar-refractivity contribution is 0.120. The van der Waals surface area contributed by atoms with Crippen molar-refractivity contribution >= 4 is 21.6 Å². The number of aromatic nitrogens is 1. The summed E-state index contributed by atoms with van der Waals surface area (Å²) in [5, 5.41) is 12.9. The van der Waals surface area contributed by atoms with Gasteiger partial charge in [-0.3, -0.25) is 4.79 Å². The van der Waals surface area contributed by atoms with Crippen LogP contribution < -0.4 is 10.9 Å². The first kappa shape index (κ1) is 16.7. The molecule has 0 saturated carbocycles. The third-order valence-corrected chi connectivity index (χ3v) is 3.46. The Balaban J connectivity index is 2.98. The van der Waals surface area contributed by atoms with Crippen molar-refractivity contribution < 1.29 is 5.11 Å². The molecular weight excluding hydrogens is 320 g/mol. The Morgan fingerprint density at radius 2 is 2.00 bits per heavy atom. The summed E-state index contributed by atoms with van der Waals surface area (Å²) in [5.41, 5.74) is 1.24. The molecule has 0 unspecified atom stereocenters. The molecule has 5 heteroatoms. The summed E-state index contributed by atoms with van der Waals surface area (Å²) in [6.45, 7) is 7.20. The number of halogens is 1. The molecule has 0 fully saturated rings. The second-order valence-electron chi connectivity index (χ2n) is 5.37. The number of pyridine rings is 1. The van der Waals surface area contributed by atoms with Gasteiger partial charge in [0.15, 0.2) is 0 Å². The summed E-state index contributed by atoms with van der Waals surface area (Å²) in [7, 11) is 1.70. The molecule has 4 nitrogen and oxygen atoms in total. The number of nitrogens with one attached hydrogen (secondary N) is 1. The Kier molecular flexibility index (Phi) is 5.36. The smallest absolute Gasteiger partial charge is 0.274 e. The van der Waals surface area contributed by atoms with E-state index in [9.17, 15) is 9.90 Å². The highest BCUT2D eigenvalue weighted by molar-refractivity contribution is 9.10. The lowest BCUT2D eigenvalue weighted by Crippen LogP contribution is -2.20. The molecule has 1 heterocycles. The van der Waals surface area contributed by atoms with Crippen molar-refractivity contribution in [2.75, 3.05) is 5.32 Å². The molecule has 110 valence electrons. The minimum Gasteiger partial charge on any atom is -0.386 e. The summed E-state index contributed by atoms with van der Waals surface area (Å²) in [4.78, 5) is 12.0. The second-order valence-corrected chi connectivity index (χ2v) is 6.29. The fourth-order valence-electron chi connectivity index (χ4n) is 1.47. The van der Waals surface area contributed by atoms with E-state index in [1.807, 2.05) is 26.0 Å². The van der Waals surface area contributed by atoms with Crippen LogP contribution in [0.5, 0.6) is 0 Å². The molecule has 0 aliphatic heterocycles. The van der Waals surface area contributed by atoms with Gasteiger partial charge < -0.3 is 15.0 Å². The molecule has 1 aromatic heterocycles. The summed E-state index contributed by atoms with van der Waals surface area (Å²) in [6, 6.07) is 1.74. The molecule has 1 rings (SSSR count). The van der Waals surface area contributed by atoms with E-state index in [2.05, 4.69) is 21.2 Å². The van der Waals surface area contributed by atoms with Gasteiger partial charge in [0.1, 0.15) is 5.69 Å². The van der Waals surface area contributed by atoms with Crippen LogP contribution in [0.3, 0.4) is 0 Å². The molecule has 0 saturated heterocycles. The molecule has 2 N–H and O–H groups in total. The van der Waals surface area contributed by atoms with Crippen LogP contribution in [0.2, 0.25) is 0 Å². The summed E-state index contributed by atoms with van der Waals surface area (Å²) < 4.78 is 2.34. The molecule has 20 heavy (non-hydrogen) atoms. The van der Waals surface area contributed by atoms with E-state index in [-0.39, 0.29) is 5.56 Å². The van der Waals surface area contributed by atoms with E-state index in [1.54, 1.807) is 33.2 Å². The highest BCUT2D eigenvalue weighted by Gasteiger charge is 2.13. The molecule has 0 aliphatic rings. The van der Waals surface area contributed by atoms with Crippen LogP contribution in [-0.2, 0) is 7.05 Å². The van der Waals surface area contributed by atoms with Crippen LogP contribution in [0.15, 0.2) is 45.0 Å². The number of nitrogens with zero attached hydrogens (tertiary/aromatic N) is 1. The van der Waals surface area contributed by atoms with Gasteiger partial charge in [-0.05, 0) is 61.3 Å². The van der Waals surface area contributed by atoms with E-state index < -0.39 is 5.60 Å². The molecule has 0 radical (unpaired) electrons. The third-order valence-electron chi connectivity index (χ3n) is 3.03. The number of aryl methyl sites for hydroxylation is 1. The zero-order chi connectivity index (χ0) is 15.5. The molecule has 0 aliphatic carbocycles. The van der Waals surface area contributed by atoms with Crippen LogP contribution in [0, 0.1) is 0 Å². The predicted octanol–water partition coefficient (Wildman–Crippen LogP) is 3.18. The number of aliphatic hydroxyl groups is 1. The van der Waals surface area contributed by atoms with E-state index in [4.69, 9.17) is 0 Å². The number of allylic oxidation sites excluding steroid dienone is 3. The van der Waals surface area contributed by atoms with E-state index in [1.165, 1.54) is 4.57 Å². The van der Waals surface area contributed by atoms with E-state index in [0.29, 0.717) is 5.69 Å². The minimum atomic E-state index is -0.845. The van der Waals surface area contributed by atoms with Crippen LogP contribution in [0.4, 0.5) is 5.69 Å². The van der Waals surface area contributed by atoms with Crippen molar-refractivity contribution in [1.82, 2.24) is 4.57 Å². The van der Waals surface area contributed by atoms with Gasteiger partial charge in [0, 0.05) is 23.4 Å². The Hall–Kier alpha value is -1.33. The molecule has 0 aromatic carbocycles. The maximum Gasteiger partial charge on any atom is 0.274 e. The molecule has 0 atom stereocenters. The van der Waals surface area contributed by atoms with Crippen molar-refractivity contribution in [2.45, 2.75) is 33.3 Å². The summed E-state index contributed by atoms with van der Waals surface area (Å²) in [5.74, 6) is 0. The quantitative estimate of drug-likeness (QED) is 0.827. The van der Waals surface area contributed by atoms with Crippen LogP contribution in [0.1, 0.15) is 27.7 Å². The van der Waals surface area contributed by atoms with Gasteiger partial charge in [-0.15, -0.1) is 0 Å². The zero-order valence-corrected chi connectivity index (χ0v) is 14.1. The molecule has 0 spiro atoms. The van der Waals surface area contributed by atoms with Gasteiger partial charge in [-0.2, -0.15) is 0 Å². The highest BCUT2D eigenvalue weighted by Crippen LogP contribution is 2.16. The summed E-state index contributed by atoms with van der Waals surface area (Å²) >= 11 is 3.36. The van der Waals surface area contributed by atoms with Crippen LogP contribution in [-0.4, -0.2) is 15.3 Å². The number of rotatable bonds is 4. The summed E-state index contributed by atoms with van der Waals surface area (Å²) in [6.07, 6.45) is 5.39. The second kappa shape index (κ2) is 6.41. The number of hydrogen-bond acceptors (Lipinski definition) is 3. The average Bonchev–Trinajstić information content (AvgIpc) is 2.31. The van der Waals surface area contributed by atoms with Crippen molar-refractivity contribution in [2.24, 2.45) is 7.05 Å². The van der Waals surface area contributed by atoms with Gasteiger partial charge in [0.25, 0.3) is 5.56 Å². The fraction of sp³-hybridized carbons (Fsp3) is 0.400. The van der Waals surface area contributed by atoms with Crippen LogP contribution in [0.25, 0.3) is 0 Å². The number of anilines is 1. The third kappa shape index (κ3) is 4.65. The Labute approximate surface area is 128 Å². The first-order valence-corrected chi connectivity index (χ1v) is 7.12. The molecular formula is C15H21BrN2O2. The topological polar surface area (TPSA) is 54.3 Å².